The van der Waals surface area contributed by atoms with Gasteiger partial charge in [0.1, 0.15) is 12.8 Å². The molecule has 0 amide bonds. The lowest BCUT2D eigenvalue weighted by Crippen LogP contribution is -2.34. The third-order valence-corrected chi connectivity index (χ3v) is 2.60. The van der Waals surface area contributed by atoms with Gasteiger partial charge in [0.15, 0.2) is 0 Å². The van der Waals surface area contributed by atoms with Crippen molar-refractivity contribution in [3.63, 3.8) is 0 Å². The predicted octanol–water partition coefficient (Wildman–Crippen LogP) is 0.672. The highest BCUT2D eigenvalue weighted by atomic mass is 16.6. The summed E-state index contributed by atoms with van der Waals surface area (Å²) in [6.07, 6.45) is 3.24. The number of ether oxygens (including phenoxy) is 1. The maximum atomic E-state index is 10.6. The van der Waals surface area contributed by atoms with Gasteiger partial charge in [0, 0.05) is 31.2 Å². The number of rotatable bonds is 3. The smallest absolute Gasteiger partial charge is 0.414 e. The van der Waals surface area contributed by atoms with E-state index in [1.54, 1.807) is 4.57 Å². The number of nitrogens with zero attached hydrogens (tertiary/aromatic N) is 4. The molecular weight excluding hydrogens is 224 g/mol. The fourth-order valence-corrected chi connectivity index (χ4v) is 1.74. The van der Waals surface area contributed by atoms with E-state index < -0.39 is 4.92 Å². The molecule has 7 heteroatoms. The van der Waals surface area contributed by atoms with Crippen LogP contribution in [0.1, 0.15) is 0 Å². The van der Waals surface area contributed by atoms with E-state index in [9.17, 15) is 10.1 Å². The lowest BCUT2D eigenvalue weighted by atomic mass is 10.4. The molecule has 0 saturated heterocycles. The van der Waals surface area contributed by atoms with Crippen molar-refractivity contribution in [3.8, 4) is 6.01 Å². The highest BCUT2D eigenvalue weighted by Crippen LogP contribution is 2.18. The first-order valence-corrected chi connectivity index (χ1v) is 5.38. The SMILES string of the molecule is C=CCN1CCOc2nc([N+](=O)[O-])cn2CC1. The van der Waals surface area contributed by atoms with Crippen molar-refractivity contribution in [2.24, 2.45) is 0 Å². The second-order valence-corrected chi connectivity index (χ2v) is 3.77. The summed E-state index contributed by atoms with van der Waals surface area (Å²) in [6.45, 7) is 7.15. The molecule has 0 fully saturated rings. The van der Waals surface area contributed by atoms with Crippen LogP contribution in [0.4, 0.5) is 5.82 Å². The zero-order valence-corrected chi connectivity index (χ0v) is 9.41. The van der Waals surface area contributed by atoms with E-state index in [2.05, 4.69) is 16.5 Å². The number of imidazole rings is 1. The van der Waals surface area contributed by atoms with Crippen LogP contribution in [0, 0.1) is 10.1 Å². The highest BCUT2D eigenvalue weighted by molar-refractivity contribution is 5.20. The molecule has 0 aliphatic carbocycles. The van der Waals surface area contributed by atoms with Crippen LogP contribution in [0.2, 0.25) is 0 Å². The van der Waals surface area contributed by atoms with Gasteiger partial charge >= 0.3 is 11.8 Å². The van der Waals surface area contributed by atoms with E-state index >= 15 is 0 Å². The van der Waals surface area contributed by atoms with Gasteiger partial charge in [-0.15, -0.1) is 6.58 Å². The second kappa shape index (κ2) is 4.96. The van der Waals surface area contributed by atoms with Crippen LogP contribution in [0.15, 0.2) is 18.9 Å². The number of hydrogen-bond acceptors (Lipinski definition) is 5. The maximum Gasteiger partial charge on any atom is 0.414 e. The van der Waals surface area contributed by atoms with Crippen molar-refractivity contribution in [2.75, 3.05) is 26.2 Å². The number of fused-ring (bicyclic) bond motifs is 1. The molecule has 17 heavy (non-hydrogen) atoms. The van der Waals surface area contributed by atoms with Gasteiger partial charge in [-0.1, -0.05) is 6.08 Å². The van der Waals surface area contributed by atoms with Crippen molar-refractivity contribution in [2.45, 2.75) is 6.54 Å². The molecule has 1 aliphatic heterocycles. The van der Waals surface area contributed by atoms with Gasteiger partial charge in [-0.25, -0.2) is 0 Å². The van der Waals surface area contributed by atoms with Crippen LogP contribution in [0.25, 0.3) is 0 Å². The zero-order valence-electron chi connectivity index (χ0n) is 9.41. The van der Waals surface area contributed by atoms with Crippen LogP contribution in [-0.4, -0.2) is 45.6 Å². The molecule has 0 atom stereocenters. The minimum absolute atomic E-state index is 0.169. The van der Waals surface area contributed by atoms with Crippen molar-refractivity contribution in [1.29, 1.82) is 0 Å². The first-order chi connectivity index (χ1) is 8.20. The fraction of sp³-hybridized carbons (Fsp3) is 0.500. The first kappa shape index (κ1) is 11.6. The van der Waals surface area contributed by atoms with Gasteiger partial charge in [0.2, 0.25) is 0 Å². The normalized spacial score (nSPS) is 16.5. The summed E-state index contributed by atoms with van der Waals surface area (Å²) in [5.74, 6) is -0.169. The molecule has 2 rings (SSSR count). The van der Waals surface area contributed by atoms with Crippen molar-refractivity contribution in [1.82, 2.24) is 14.5 Å². The average molecular weight is 238 g/mol. The predicted molar refractivity (Wildman–Crippen MR) is 61.0 cm³/mol. The van der Waals surface area contributed by atoms with E-state index in [0.29, 0.717) is 19.2 Å². The number of nitro groups is 1. The van der Waals surface area contributed by atoms with E-state index in [4.69, 9.17) is 4.74 Å². The topological polar surface area (TPSA) is 73.4 Å². The molecule has 1 aromatic heterocycles. The minimum Gasteiger partial charge on any atom is -0.444 e. The Balaban J connectivity index is 2.13. The second-order valence-electron chi connectivity index (χ2n) is 3.77. The van der Waals surface area contributed by atoms with Crippen LogP contribution in [0.3, 0.4) is 0 Å². The van der Waals surface area contributed by atoms with Gasteiger partial charge in [-0.05, 0) is 4.92 Å². The summed E-state index contributed by atoms with van der Waals surface area (Å²) in [5.41, 5.74) is 0. The van der Waals surface area contributed by atoms with Gasteiger partial charge in [-0.3, -0.25) is 9.47 Å². The standard InChI is InChI=1S/C10H14N4O3/c1-2-3-12-4-5-13-8-9(14(15)16)11-10(13)17-7-6-12/h2,8H,1,3-7H2. The van der Waals surface area contributed by atoms with Crippen LogP contribution >= 0.6 is 0 Å². The van der Waals surface area contributed by atoms with Crippen molar-refractivity contribution < 1.29 is 9.66 Å². The number of hydrogen-bond donors (Lipinski definition) is 0. The van der Waals surface area contributed by atoms with E-state index in [1.807, 2.05) is 6.08 Å². The van der Waals surface area contributed by atoms with Gasteiger partial charge in [0.05, 0.1) is 0 Å². The Morgan fingerprint density at radius 3 is 3.12 bits per heavy atom. The third-order valence-electron chi connectivity index (χ3n) is 2.60. The molecule has 92 valence electrons. The minimum atomic E-state index is -0.511. The van der Waals surface area contributed by atoms with E-state index in [0.717, 1.165) is 19.6 Å². The highest BCUT2D eigenvalue weighted by Gasteiger charge is 2.22. The summed E-state index contributed by atoms with van der Waals surface area (Å²) in [6, 6.07) is 0.329. The molecule has 7 nitrogen and oxygen atoms in total. The van der Waals surface area contributed by atoms with Crippen LogP contribution in [0.5, 0.6) is 6.01 Å². The summed E-state index contributed by atoms with van der Waals surface area (Å²) in [5, 5.41) is 10.6. The Morgan fingerprint density at radius 2 is 2.41 bits per heavy atom. The van der Waals surface area contributed by atoms with Gasteiger partial charge in [0.25, 0.3) is 0 Å². The summed E-state index contributed by atoms with van der Waals surface area (Å²) in [7, 11) is 0. The Bertz CT molecular complexity index is 429. The molecule has 0 saturated carbocycles. The first-order valence-electron chi connectivity index (χ1n) is 5.38. The van der Waals surface area contributed by atoms with Crippen LogP contribution < -0.4 is 4.74 Å². The summed E-state index contributed by atoms with van der Waals surface area (Å²) in [4.78, 5) is 16.1. The molecule has 0 N–H and O–H groups in total. The molecule has 0 aromatic carbocycles. The summed E-state index contributed by atoms with van der Waals surface area (Å²) >= 11 is 0. The van der Waals surface area contributed by atoms with Gasteiger partial charge in [-0.2, -0.15) is 0 Å². The van der Waals surface area contributed by atoms with Gasteiger partial charge < -0.3 is 14.9 Å². The zero-order chi connectivity index (χ0) is 12.3. The molecule has 0 unspecified atom stereocenters. The molecule has 0 bridgehead atoms. The van der Waals surface area contributed by atoms with Crippen LogP contribution in [-0.2, 0) is 6.54 Å². The Morgan fingerprint density at radius 1 is 1.59 bits per heavy atom. The molecule has 0 spiro atoms. The van der Waals surface area contributed by atoms with Crippen molar-refractivity contribution in [3.05, 3.63) is 29.0 Å². The Labute approximate surface area is 98.5 Å². The largest absolute Gasteiger partial charge is 0.444 e. The molecule has 0 radical (unpaired) electrons. The van der Waals surface area contributed by atoms with E-state index in [1.165, 1.54) is 6.20 Å². The summed E-state index contributed by atoms with van der Waals surface area (Å²) < 4.78 is 7.08. The Hall–Kier alpha value is -1.89. The molecular formula is C10H14N4O3. The number of aromatic nitrogens is 2. The molecule has 1 aromatic rings. The average Bonchev–Trinajstić information content (AvgIpc) is 2.65. The lowest BCUT2D eigenvalue weighted by Gasteiger charge is -2.22. The molecule has 2 heterocycles. The van der Waals surface area contributed by atoms with E-state index in [-0.39, 0.29) is 5.82 Å². The fourth-order valence-electron chi connectivity index (χ4n) is 1.74. The quantitative estimate of drug-likeness (QED) is 0.439. The Kier molecular flexibility index (Phi) is 3.38. The molecule has 1 aliphatic rings. The maximum absolute atomic E-state index is 10.6. The van der Waals surface area contributed by atoms with Crippen molar-refractivity contribution >= 4 is 5.82 Å². The monoisotopic (exact) mass is 238 g/mol. The third kappa shape index (κ3) is 2.62. The lowest BCUT2D eigenvalue weighted by molar-refractivity contribution is -0.389.